The molecule has 1 aliphatic heterocycles. The molecule has 0 saturated carbocycles. The molecule has 0 aliphatic carbocycles. The monoisotopic (exact) mass is 100 g/mol. The molecular weight excluding hydrogens is 90.1 g/mol. The summed E-state index contributed by atoms with van der Waals surface area (Å²) < 4.78 is 0. The van der Waals surface area contributed by atoms with Crippen molar-refractivity contribution in [2.75, 3.05) is 19.7 Å². The summed E-state index contributed by atoms with van der Waals surface area (Å²) in [6, 6.07) is 0. The minimum absolute atomic E-state index is 0.104. The molecule has 1 N–H and O–H groups in total. The van der Waals surface area contributed by atoms with Crippen LogP contribution in [0.2, 0.25) is 0 Å². The molecule has 1 rings (SSSR count). The molecule has 1 aliphatic rings. The zero-order chi connectivity index (χ0) is 5.11. The van der Waals surface area contributed by atoms with Crippen LogP contribution in [0.1, 0.15) is 6.42 Å². The highest BCUT2D eigenvalue weighted by Crippen LogP contribution is 2.05. The summed E-state index contributed by atoms with van der Waals surface area (Å²) in [5.41, 5.74) is 0. The van der Waals surface area contributed by atoms with Crippen molar-refractivity contribution in [3.8, 4) is 0 Å². The highest BCUT2D eigenvalue weighted by atomic mass is 16.3. The largest absolute Gasteiger partial charge is 0.316 e. The minimum atomic E-state index is 0.104. The smallest absolute Gasteiger partial charge is 0.0825 e. The maximum atomic E-state index is 9.91. The first-order valence-electron chi connectivity index (χ1n) is 2.72. The van der Waals surface area contributed by atoms with Crippen LogP contribution in [-0.4, -0.2) is 19.7 Å². The average molecular weight is 100 g/mol. The Kier molecular flexibility index (Phi) is 1.65. The Bertz CT molecular complexity index is 52.0. The molecule has 0 aromatic rings. The molecule has 1 saturated heterocycles. The Morgan fingerprint density at radius 1 is 1.57 bits per heavy atom. The molecule has 0 unspecified atom stereocenters. The van der Waals surface area contributed by atoms with Crippen molar-refractivity contribution in [2.45, 2.75) is 6.42 Å². The van der Waals surface area contributed by atoms with Gasteiger partial charge in [0, 0.05) is 0 Å². The third-order valence-electron chi connectivity index (χ3n) is 1.39. The van der Waals surface area contributed by atoms with E-state index in [1.165, 1.54) is 0 Å². The third kappa shape index (κ3) is 1.14. The van der Waals surface area contributed by atoms with Crippen molar-refractivity contribution in [1.82, 2.24) is 5.32 Å². The second-order valence-electron chi connectivity index (χ2n) is 2.02. The standard InChI is InChI=1S/C5H10NO/c7-2-1-5-3-6-4-5/h5-6H,1-4H2. The van der Waals surface area contributed by atoms with Crippen LogP contribution in [0.3, 0.4) is 0 Å². The second-order valence-corrected chi connectivity index (χ2v) is 2.02. The van der Waals surface area contributed by atoms with E-state index in [1.807, 2.05) is 0 Å². The number of rotatable bonds is 2. The molecule has 41 valence electrons. The summed E-state index contributed by atoms with van der Waals surface area (Å²) in [5.74, 6) is 0.706. The Morgan fingerprint density at radius 3 is 2.43 bits per heavy atom. The highest BCUT2D eigenvalue weighted by Gasteiger charge is 2.14. The molecule has 0 amide bonds. The van der Waals surface area contributed by atoms with Crippen LogP contribution in [0.4, 0.5) is 0 Å². The quantitative estimate of drug-likeness (QED) is 0.521. The summed E-state index contributed by atoms with van der Waals surface area (Å²) in [5, 5.41) is 13.0. The van der Waals surface area contributed by atoms with E-state index in [-0.39, 0.29) is 6.61 Å². The molecule has 1 radical (unpaired) electrons. The van der Waals surface area contributed by atoms with Gasteiger partial charge in [0.25, 0.3) is 0 Å². The molecule has 0 spiro atoms. The third-order valence-corrected chi connectivity index (χ3v) is 1.39. The summed E-state index contributed by atoms with van der Waals surface area (Å²) in [6.45, 7) is 2.25. The van der Waals surface area contributed by atoms with Gasteiger partial charge in [-0.05, 0) is 25.4 Å². The van der Waals surface area contributed by atoms with Crippen LogP contribution >= 0.6 is 0 Å². The number of hydrogen-bond donors (Lipinski definition) is 1. The zero-order valence-electron chi connectivity index (χ0n) is 4.31. The SMILES string of the molecule is [O]CCC1CNC1. The van der Waals surface area contributed by atoms with Gasteiger partial charge in [-0.1, -0.05) is 0 Å². The van der Waals surface area contributed by atoms with Crippen LogP contribution in [0.5, 0.6) is 0 Å². The fraction of sp³-hybridized carbons (Fsp3) is 1.00. The van der Waals surface area contributed by atoms with E-state index in [0.29, 0.717) is 5.92 Å². The minimum Gasteiger partial charge on any atom is -0.316 e. The number of hydrogen-bond acceptors (Lipinski definition) is 1. The van der Waals surface area contributed by atoms with Gasteiger partial charge in [0.2, 0.25) is 0 Å². The van der Waals surface area contributed by atoms with E-state index in [0.717, 1.165) is 19.5 Å². The molecule has 0 atom stereocenters. The van der Waals surface area contributed by atoms with E-state index in [1.54, 1.807) is 0 Å². The van der Waals surface area contributed by atoms with Crippen LogP contribution in [0.15, 0.2) is 0 Å². The van der Waals surface area contributed by atoms with Crippen molar-refractivity contribution in [1.29, 1.82) is 0 Å². The number of nitrogens with one attached hydrogen (secondary N) is 1. The Labute approximate surface area is 43.5 Å². The van der Waals surface area contributed by atoms with Gasteiger partial charge in [-0.2, -0.15) is 0 Å². The normalized spacial score (nSPS) is 21.9. The van der Waals surface area contributed by atoms with E-state index in [2.05, 4.69) is 5.32 Å². The van der Waals surface area contributed by atoms with E-state index in [9.17, 15) is 5.11 Å². The lowest BCUT2D eigenvalue weighted by molar-refractivity contribution is 0.154. The molecule has 2 heteroatoms. The summed E-state index contributed by atoms with van der Waals surface area (Å²) in [4.78, 5) is 0. The van der Waals surface area contributed by atoms with Crippen LogP contribution in [0.25, 0.3) is 0 Å². The molecule has 2 nitrogen and oxygen atoms in total. The van der Waals surface area contributed by atoms with E-state index >= 15 is 0 Å². The van der Waals surface area contributed by atoms with Crippen molar-refractivity contribution in [3.05, 3.63) is 0 Å². The summed E-state index contributed by atoms with van der Waals surface area (Å²) in [7, 11) is 0. The maximum Gasteiger partial charge on any atom is 0.0825 e. The lowest BCUT2D eigenvalue weighted by Gasteiger charge is -2.25. The second kappa shape index (κ2) is 2.28. The average Bonchev–Trinajstić information content (AvgIpc) is 1.55. The Morgan fingerprint density at radius 2 is 2.29 bits per heavy atom. The lowest BCUT2D eigenvalue weighted by atomic mass is 10.0. The van der Waals surface area contributed by atoms with Gasteiger partial charge in [0.05, 0.1) is 6.61 Å². The maximum absolute atomic E-state index is 9.91. The Hall–Kier alpha value is -0.0800. The lowest BCUT2D eigenvalue weighted by Crippen LogP contribution is -2.42. The van der Waals surface area contributed by atoms with Crippen molar-refractivity contribution < 1.29 is 5.11 Å². The van der Waals surface area contributed by atoms with Gasteiger partial charge in [-0.15, -0.1) is 0 Å². The highest BCUT2D eigenvalue weighted by molar-refractivity contribution is 4.73. The van der Waals surface area contributed by atoms with Gasteiger partial charge in [-0.3, -0.25) is 0 Å². The van der Waals surface area contributed by atoms with E-state index in [4.69, 9.17) is 0 Å². The Balaban J connectivity index is 1.93. The molecule has 0 bridgehead atoms. The molecule has 0 aromatic heterocycles. The van der Waals surface area contributed by atoms with Gasteiger partial charge < -0.3 is 5.32 Å². The fourth-order valence-electron chi connectivity index (χ4n) is 0.719. The first-order valence-corrected chi connectivity index (χ1v) is 2.72. The summed E-state index contributed by atoms with van der Waals surface area (Å²) in [6.07, 6.45) is 0.868. The molecule has 0 aromatic carbocycles. The zero-order valence-corrected chi connectivity index (χ0v) is 4.31. The molecule has 7 heavy (non-hydrogen) atoms. The van der Waals surface area contributed by atoms with Crippen LogP contribution < -0.4 is 5.32 Å². The first-order chi connectivity index (χ1) is 3.43. The first kappa shape index (κ1) is 5.06. The predicted octanol–water partition coefficient (Wildman–Crippen LogP) is 0.0264. The fourth-order valence-corrected chi connectivity index (χ4v) is 0.719. The molecular formula is C5H10NO. The van der Waals surface area contributed by atoms with Crippen LogP contribution in [-0.2, 0) is 5.11 Å². The van der Waals surface area contributed by atoms with Crippen LogP contribution in [0, 0.1) is 5.92 Å². The van der Waals surface area contributed by atoms with Crippen molar-refractivity contribution in [2.24, 2.45) is 5.92 Å². The summed E-state index contributed by atoms with van der Waals surface area (Å²) >= 11 is 0. The van der Waals surface area contributed by atoms with E-state index < -0.39 is 0 Å². The van der Waals surface area contributed by atoms with Gasteiger partial charge >= 0.3 is 0 Å². The van der Waals surface area contributed by atoms with Gasteiger partial charge in [-0.25, -0.2) is 5.11 Å². The van der Waals surface area contributed by atoms with Gasteiger partial charge in [0.15, 0.2) is 0 Å². The van der Waals surface area contributed by atoms with Crippen molar-refractivity contribution >= 4 is 0 Å². The topological polar surface area (TPSA) is 31.9 Å². The molecule has 1 heterocycles. The van der Waals surface area contributed by atoms with Gasteiger partial charge in [0.1, 0.15) is 0 Å². The predicted molar refractivity (Wildman–Crippen MR) is 26.5 cm³/mol. The molecule has 1 fully saturated rings. The van der Waals surface area contributed by atoms with Crippen molar-refractivity contribution in [3.63, 3.8) is 0 Å².